The molecule has 32 heavy (non-hydrogen) atoms. The van der Waals surface area contributed by atoms with Gasteiger partial charge in [0.2, 0.25) is 0 Å². The SMILES string of the molecule is CC(C)(C)OC(=O)Nc1cccc(Cn2c(=O)[nH]c3cc(-c4ccccc4)sc3c2=O)c1. The molecule has 0 fully saturated rings. The minimum atomic E-state index is -0.614. The Morgan fingerprint density at radius 2 is 1.81 bits per heavy atom. The molecule has 0 saturated heterocycles. The van der Waals surface area contributed by atoms with Crippen molar-refractivity contribution in [3.63, 3.8) is 0 Å². The highest BCUT2D eigenvalue weighted by molar-refractivity contribution is 7.22. The Bertz CT molecular complexity index is 1390. The predicted molar refractivity (Wildman–Crippen MR) is 128 cm³/mol. The van der Waals surface area contributed by atoms with E-state index in [9.17, 15) is 14.4 Å². The lowest BCUT2D eigenvalue weighted by Crippen LogP contribution is -2.34. The number of hydrogen-bond acceptors (Lipinski definition) is 5. The van der Waals surface area contributed by atoms with Gasteiger partial charge in [0, 0.05) is 10.6 Å². The fraction of sp³-hybridized carbons (Fsp3) is 0.208. The van der Waals surface area contributed by atoms with E-state index in [1.165, 1.54) is 15.9 Å². The highest BCUT2D eigenvalue weighted by atomic mass is 32.1. The first-order valence-corrected chi connectivity index (χ1v) is 10.9. The normalized spacial score (nSPS) is 11.5. The number of rotatable bonds is 4. The van der Waals surface area contributed by atoms with Crippen molar-refractivity contribution in [1.82, 2.24) is 9.55 Å². The second-order valence-corrected chi connectivity index (χ2v) is 9.42. The van der Waals surface area contributed by atoms with E-state index in [-0.39, 0.29) is 12.1 Å². The largest absolute Gasteiger partial charge is 0.444 e. The molecule has 0 aliphatic rings. The molecular weight excluding hydrogens is 426 g/mol. The van der Waals surface area contributed by atoms with Gasteiger partial charge in [-0.15, -0.1) is 11.3 Å². The summed E-state index contributed by atoms with van der Waals surface area (Å²) in [5.74, 6) is 0. The third kappa shape index (κ3) is 4.81. The van der Waals surface area contributed by atoms with Gasteiger partial charge in [-0.2, -0.15) is 0 Å². The van der Waals surface area contributed by atoms with E-state index in [0.717, 1.165) is 10.4 Å². The first-order chi connectivity index (χ1) is 15.2. The Labute approximate surface area is 188 Å². The van der Waals surface area contributed by atoms with Crippen LogP contribution in [0.15, 0.2) is 70.3 Å². The van der Waals surface area contributed by atoms with Crippen LogP contribution in [-0.4, -0.2) is 21.2 Å². The molecule has 2 aromatic heterocycles. The minimum Gasteiger partial charge on any atom is -0.444 e. The van der Waals surface area contributed by atoms with Crippen LogP contribution in [0, 0.1) is 0 Å². The molecule has 0 spiro atoms. The molecule has 2 heterocycles. The molecular formula is C24H23N3O4S. The zero-order valence-electron chi connectivity index (χ0n) is 18.0. The van der Waals surface area contributed by atoms with Crippen molar-refractivity contribution in [3.05, 3.63) is 87.1 Å². The van der Waals surface area contributed by atoms with Gasteiger partial charge in [0.25, 0.3) is 5.56 Å². The number of benzene rings is 2. The Morgan fingerprint density at radius 3 is 2.53 bits per heavy atom. The first-order valence-electron chi connectivity index (χ1n) is 10.1. The number of thiophene rings is 1. The monoisotopic (exact) mass is 449 g/mol. The molecule has 0 unspecified atom stereocenters. The van der Waals surface area contributed by atoms with Gasteiger partial charge < -0.3 is 9.72 Å². The zero-order chi connectivity index (χ0) is 22.9. The second-order valence-electron chi connectivity index (χ2n) is 8.37. The molecule has 0 aliphatic carbocycles. The van der Waals surface area contributed by atoms with Gasteiger partial charge in [-0.3, -0.25) is 14.7 Å². The second kappa shape index (κ2) is 8.47. The zero-order valence-corrected chi connectivity index (χ0v) is 18.8. The molecule has 1 amide bonds. The summed E-state index contributed by atoms with van der Waals surface area (Å²) in [6.45, 7) is 5.43. The number of aromatic nitrogens is 2. The summed E-state index contributed by atoms with van der Waals surface area (Å²) in [6.07, 6.45) is -0.571. The van der Waals surface area contributed by atoms with Crippen LogP contribution in [0.1, 0.15) is 26.3 Å². The Morgan fingerprint density at radius 1 is 1.06 bits per heavy atom. The van der Waals surface area contributed by atoms with Crippen molar-refractivity contribution in [2.75, 3.05) is 5.32 Å². The molecule has 2 N–H and O–H groups in total. The highest BCUT2D eigenvalue weighted by Crippen LogP contribution is 2.30. The number of aromatic amines is 1. The van der Waals surface area contributed by atoms with Crippen LogP contribution < -0.4 is 16.6 Å². The van der Waals surface area contributed by atoms with Crippen molar-refractivity contribution in [3.8, 4) is 10.4 Å². The highest BCUT2D eigenvalue weighted by Gasteiger charge is 2.17. The fourth-order valence-corrected chi connectivity index (χ4v) is 4.35. The summed E-state index contributed by atoms with van der Waals surface area (Å²) in [7, 11) is 0. The van der Waals surface area contributed by atoms with Crippen molar-refractivity contribution < 1.29 is 9.53 Å². The number of nitrogens with zero attached hydrogens (tertiary/aromatic N) is 1. The predicted octanol–water partition coefficient (Wildman–Crippen LogP) is 4.81. The summed E-state index contributed by atoms with van der Waals surface area (Å²) < 4.78 is 6.93. The Hall–Kier alpha value is -3.65. The van der Waals surface area contributed by atoms with Crippen LogP contribution >= 0.6 is 11.3 Å². The van der Waals surface area contributed by atoms with E-state index < -0.39 is 17.4 Å². The average molecular weight is 450 g/mol. The van der Waals surface area contributed by atoms with Gasteiger partial charge in [-0.1, -0.05) is 42.5 Å². The lowest BCUT2D eigenvalue weighted by Gasteiger charge is -2.19. The Balaban J connectivity index is 1.63. The number of H-pyrrole nitrogens is 1. The Kier molecular flexibility index (Phi) is 5.71. The van der Waals surface area contributed by atoms with E-state index in [0.29, 0.717) is 21.5 Å². The molecule has 2 aromatic carbocycles. The summed E-state index contributed by atoms with van der Waals surface area (Å²) in [5.41, 5.74) is 1.29. The maximum absolute atomic E-state index is 13.1. The lowest BCUT2D eigenvalue weighted by molar-refractivity contribution is 0.0636. The van der Waals surface area contributed by atoms with E-state index in [1.807, 2.05) is 36.4 Å². The number of ether oxygens (including phenoxy) is 1. The average Bonchev–Trinajstić information content (AvgIpc) is 3.15. The van der Waals surface area contributed by atoms with E-state index >= 15 is 0 Å². The van der Waals surface area contributed by atoms with Crippen LogP contribution in [-0.2, 0) is 11.3 Å². The van der Waals surface area contributed by atoms with Crippen LogP contribution in [0.5, 0.6) is 0 Å². The molecule has 164 valence electrons. The van der Waals surface area contributed by atoms with Crippen LogP contribution in [0.4, 0.5) is 10.5 Å². The van der Waals surface area contributed by atoms with Gasteiger partial charge in [0.05, 0.1) is 12.1 Å². The molecule has 4 aromatic rings. The molecule has 0 aliphatic heterocycles. The number of fused-ring (bicyclic) bond motifs is 1. The van der Waals surface area contributed by atoms with Crippen molar-refractivity contribution in [1.29, 1.82) is 0 Å². The summed E-state index contributed by atoms with van der Waals surface area (Å²) >= 11 is 1.35. The fourth-order valence-electron chi connectivity index (χ4n) is 3.28. The van der Waals surface area contributed by atoms with Gasteiger partial charge in [0.15, 0.2) is 0 Å². The first kappa shape index (κ1) is 21.6. The molecule has 0 saturated carbocycles. The summed E-state index contributed by atoms with van der Waals surface area (Å²) in [6, 6.07) is 18.5. The molecule has 0 bridgehead atoms. The van der Waals surface area contributed by atoms with Gasteiger partial charge in [-0.25, -0.2) is 9.59 Å². The third-order valence-electron chi connectivity index (χ3n) is 4.63. The molecule has 8 heteroatoms. The number of anilines is 1. The van der Waals surface area contributed by atoms with Crippen molar-refractivity contribution in [2.45, 2.75) is 32.9 Å². The number of nitrogens with one attached hydrogen (secondary N) is 2. The van der Waals surface area contributed by atoms with Crippen molar-refractivity contribution >= 4 is 33.3 Å². The van der Waals surface area contributed by atoms with Crippen LogP contribution in [0.3, 0.4) is 0 Å². The van der Waals surface area contributed by atoms with E-state index in [1.54, 1.807) is 45.0 Å². The van der Waals surface area contributed by atoms with Crippen molar-refractivity contribution in [2.24, 2.45) is 0 Å². The quantitative estimate of drug-likeness (QED) is 0.467. The summed E-state index contributed by atoms with van der Waals surface area (Å²) in [5, 5.41) is 2.67. The number of amides is 1. The lowest BCUT2D eigenvalue weighted by atomic mass is 10.2. The standard InChI is InChI=1S/C24H23N3O4S/c1-24(2,3)31-23(30)25-17-11-7-8-15(12-17)14-27-21(28)20-18(26-22(27)29)13-19(32-20)16-9-5-4-6-10-16/h4-13H,14H2,1-3H3,(H,25,30)(H,26,29). The number of carbonyl (C=O) groups is 1. The smallest absolute Gasteiger partial charge is 0.412 e. The molecule has 4 rings (SSSR count). The maximum atomic E-state index is 13.1. The van der Waals surface area contributed by atoms with E-state index in [2.05, 4.69) is 10.3 Å². The third-order valence-corrected chi connectivity index (χ3v) is 5.80. The van der Waals surface area contributed by atoms with Crippen LogP contribution in [0.25, 0.3) is 20.7 Å². The number of carbonyl (C=O) groups excluding carboxylic acids is 1. The van der Waals surface area contributed by atoms with Gasteiger partial charge in [-0.05, 0) is 50.1 Å². The molecule has 7 nitrogen and oxygen atoms in total. The molecule has 0 atom stereocenters. The summed E-state index contributed by atoms with van der Waals surface area (Å²) in [4.78, 5) is 41.5. The molecule has 0 radical (unpaired) electrons. The topological polar surface area (TPSA) is 93.2 Å². The van der Waals surface area contributed by atoms with Gasteiger partial charge in [0.1, 0.15) is 10.3 Å². The number of hydrogen-bond donors (Lipinski definition) is 2. The maximum Gasteiger partial charge on any atom is 0.412 e. The van der Waals surface area contributed by atoms with Crippen LogP contribution in [0.2, 0.25) is 0 Å². The van der Waals surface area contributed by atoms with E-state index in [4.69, 9.17) is 4.74 Å². The minimum absolute atomic E-state index is 0.0759. The van der Waals surface area contributed by atoms with Gasteiger partial charge >= 0.3 is 11.8 Å².